The summed E-state index contributed by atoms with van der Waals surface area (Å²) in [6, 6.07) is 0.321. The molecule has 1 N–H and O–H groups in total. The van der Waals surface area contributed by atoms with Gasteiger partial charge in [0, 0.05) is 12.6 Å². The molecule has 0 spiro atoms. The standard InChI is InChI=1S/C14H29N2O3PS/c1-4-16(20(21,18-5-2)19-6-3)12-14(17)15-13-10-8-7-9-11-13/h13H,4-12H2,1-3H3,(H,15,17). The summed E-state index contributed by atoms with van der Waals surface area (Å²) in [7, 11) is 0. The van der Waals surface area contributed by atoms with Gasteiger partial charge in [0.05, 0.1) is 19.8 Å². The van der Waals surface area contributed by atoms with Crippen molar-refractivity contribution in [1.29, 1.82) is 0 Å². The molecule has 1 fully saturated rings. The smallest absolute Gasteiger partial charge is 0.264 e. The third-order valence-electron chi connectivity index (χ3n) is 3.59. The molecule has 21 heavy (non-hydrogen) atoms. The second kappa shape index (κ2) is 9.90. The number of carbonyl (C=O) groups excluding carboxylic acids is 1. The van der Waals surface area contributed by atoms with E-state index in [0.717, 1.165) is 12.8 Å². The maximum absolute atomic E-state index is 12.2. The maximum atomic E-state index is 12.2. The summed E-state index contributed by atoms with van der Waals surface area (Å²) in [5.41, 5.74) is 0. The fraction of sp³-hybridized carbons (Fsp3) is 0.929. The summed E-state index contributed by atoms with van der Waals surface area (Å²) < 4.78 is 13.2. The van der Waals surface area contributed by atoms with Gasteiger partial charge in [0.2, 0.25) is 5.91 Å². The number of hydrogen-bond acceptors (Lipinski definition) is 4. The van der Waals surface area contributed by atoms with E-state index in [1.165, 1.54) is 19.3 Å². The summed E-state index contributed by atoms with van der Waals surface area (Å²) in [6.45, 7) is 5.14. The van der Waals surface area contributed by atoms with Crippen LogP contribution in [0.2, 0.25) is 0 Å². The fourth-order valence-electron chi connectivity index (χ4n) is 2.58. The lowest BCUT2D eigenvalue weighted by Crippen LogP contribution is -2.42. The molecule has 1 amide bonds. The van der Waals surface area contributed by atoms with Crippen LogP contribution < -0.4 is 5.32 Å². The quantitative estimate of drug-likeness (QED) is 0.656. The van der Waals surface area contributed by atoms with Crippen molar-refractivity contribution in [2.24, 2.45) is 0 Å². The molecule has 0 aromatic heterocycles. The molecule has 0 aliphatic heterocycles. The van der Waals surface area contributed by atoms with Crippen LogP contribution in [0.3, 0.4) is 0 Å². The number of hydrogen-bond donors (Lipinski definition) is 1. The number of amides is 1. The van der Waals surface area contributed by atoms with Crippen molar-refractivity contribution in [1.82, 2.24) is 9.99 Å². The lowest BCUT2D eigenvalue weighted by Gasteiger charge is -2.32. The Balaban J connectivity index is 2.57. The van der Waals surface area contributed by atoms with E-state index in [-0.39, 0.29) is 12.5 Å². The summed E-state index contributed by atoms with van der Waals surface area (Å²) in [6.07, 6.45) is 5.87. The summed E-state index contributed by atoms with van der Waals surface area (Å²) >= 11 is 5.56. The number of rotatable bonds is 9. The molecule has 0 bridgehead atoms. The molecule has 0 aromatic carbocycles. The minimum absolute atomic E-state index is 0.0254. The largest absolute Gasteiger partial charge is 0.352 e. The molecule has 0 unspecified atom stereocenters. The number of carbonyl (C=O) groups is 1. The van der Waals surface area contributed by atoms with E-state index in [2.05, 4.69) is 5.32 Å². The molecule has 1 aliphatic rings. The zero-order valence-electron chi connectivity index (χ0n) is 13.5. The van der Waals surface area contributed by atoms with Crippen LogP contribution in [-0.2, 0) is 25.6 Å². The Kier molecular flexibility index (Phi) is 8.98. The summed E-state index contributed by atoms with van der Waals surface area (Å²) in [5, 5.41) is 3.12. The number of nitrogens with one attached hydrogen (secondary N) is 1. The van der Waals surface area contributed by atoms with E-state index >= 15 is 0 Å². The average Bonchev–Trinajstić information content (AvgIpc) is 2.46. The van der Waals surface area contributed by atoms with Crippen molar-refractivity contribution < 1.29 is 13.8 Å². The van der Waals surface area contributed by atoms with Crippen LogP contribution in [-0.4, -0.2) is 42.9 Å². The molecule has 1 rings (SSSR count). The number of nitrogens with zero attached hydrogens (tertiary/aromatic N) is 1. The van der Waals surface area contributed by atoms with Gasteiger partial charge in [-0.05, 0) is 38.5 Å². The molecular weight excluding hydrogens is 307 g/mol. The minimum atomic E-state index is -2.53. The van der Waals surface area contributed by atoms with Crippen LogP contribution in [0.15, 0.2) is 0 Å². The maximum Gasteiger partial charge on any atom is 0.264 e. The van der Waals surface area contributed by atoms with Gasteiger partial charge in [-0.25, -0.2) is 4.67 Å². The van der Waals surface area contributed by atoms with Crippen molar-refractivity contribution in [3.8, 4) is 0 Å². The Hall–Kier alpha value is -0.000000000000000111. The van der Waals surface area contributed by atoms with Gasteiger partial charge >= 0.3 is 0 Å². The van der Waals surface area contributed by atoms with E-state index in [0.29, 0.717) is 25.8 Å². The zero-order valence-corrected chi connectivity index (χ0v) is 15.2. The van der Waals surface area contributed by atoms with Crippen LogP contribution in [0.25, 0.3) is 0 Å². The molecule has 0 radical (unpaired) electrons. The van der Waals surface area contributed by atoms with Crippen molar-refractivity contribution in [3.05, 3.63) is 0 Å². The normalized spacial score (nSPS) is 17.1. The first kappa shape index (κ1) is 19.0. The predicted octanol–water partition coefficient (Wildman–Crippen LogP) is 3.05. The SMILES string of the molecule is CCOP(=S)(OCC)N(CC)CC(=O)NC1CCCCC1. The van der Waals surface area contributed by atoms with Crippen molar-refractivity contribution in [2.45, 2.75) is 58.9 Å². The Labute approximate surface area is 134 Å². The third kappa shape index (κ3) is 6.33. The van der Waals surface area contributed by atoms with Crippen LogP contribution in [0.5, 0.6) is 0 Å². The topological polar surface area (TPSA) is 50.8 Å². The van der Waals surface area contributed by atoms with Crippen LogP contribution in [0.1, 0.15) is 52.9 Å². The third-order valence-corrected chi connectivity index (χ3v) is 7.20. The van der Waals surface area contributed by atoms with Gasteiger partial charge in [-0.2, -0.15) is 0 Å². The molecule has 5 nitrogen and oxygen atoms in total. The zero-order chi connectivity index (χ0) is 15.7. The van der Waals surface area contributed by atoms with E-state index < -0.39 is 6.64 Å². The second-order valence-corrected chi connectivity index (χ2v) is 8.59. The molecular formula is C14H29N2O3PS. The molecule has 7 heteroatoms. The lowest BCUT2D eigenvalue weighted by molar-refractivity contribution is -0.122. The van der Waals surface area contributed by atoms with Crippen molar-refractivity contribution in [2.75, 3.05) is 26.3 Å². The molecule has 0 aromatic rings. The van der Waals surface area contributed by atoms with E-state index in [1.54, 1.807) is 0 Å². The highest BCUT2D eigenvalue weighted by Gasteiger charge is 2.29. The first-order valence-corrected chi connectivity index (χ1v) is 10.6. The molecule has 0 heterocycles. The molecule has 124 valence electrons. The summed E-state index contributed by atoms with van der Waals surface area (Å²) in [5.74, 6) is 0.0254. The van der Waals surface area contributed by atoms with Gasteiger partial charge in [0.25, 0.3) is 6.64 Å². The highest BCUT2D eigenvalue weighted by atomic mass is 32.5. The van der Waals surface area contributed by atoms with Crippen LogP contribution >= 0.6 is 6.64 Å². The lowest BCUT2D eigenvalue weighted by atomic mass is 9.95. The minimum Gasteiger partial charge on any atom is -0.352 e. The molecule has 0 saturated heterocycles. The molecule has 1 saturated carbocycles. The Bertz CT molecular complexity index is 352. The predicted molar refractivity (Wildman–Crippen MR) is 89.8 cm³/mol. The van der Waals surface area contributed by atoms with Gasteiger partial charge in [0.15, 0.2) is 0 Å². The summed E-state index contributed by atoms with van der Waals surface area (Å²) in [4.78, 5) is 12.2. The molecule has 0 atom stereocenters. The number of likely N-dealkylation sites (N-methyl/N-ethyl adjacent to an activating group) is 1. The van der Waals surface area contributed by atoms with Crippen LogP contribution in [0, 0.1) is 0 Å². The van der Waals surface area contributed by atoms with E-state index in [9.17, 15) is 4.79 Å². The van der Waals surface area contributed by atoms with Crippen molar-refractivity contribution >= 4 is 24.4 Å². The first-order valence-electron chi connectivity index (χ1n) is 7.99. The fourth-order valence-corrected chi connectivity index (χ4v) is 5.44. The van der Waals surface area contributed by atoms with Gasteiger partial charge in [-0.3, -0.25) is 4.79 Å². The van der Waals surface area contributed by atoms with Gasteiger partial charge < -0.3 is 14.4 Å². The highest BCUT2D eigenvalue weighted by molar-refractivity contribution is 8.08. The first-order chi connectivity index (χ1) is 10.1. The monoisotopic (exact) mass is 336 g/mol. The van der Waals surface area contributed by atoms with Gasteiger partial charge in [-0.1, -0.05) is 26.2 Å². The average molecular weight is 336 g/mol. The highest BCUT2D eigenvalue weighted by Crippen LogP contribution is 2.51. The van der Waals surface area contributed by atoms with E-state index in [4.69, 9.17) is 20.9 Å². The Morgan fingerprint density at radius 3 is 2.24 bits per heavy atom. The van der Waals surface area contributed by atoms with Gasteiger partial charge in [0.1, 0.15) is 0 Å². The van der Waals surface area contributed by atoms with Gasteiger partial charge in [-0.15, -0.1) is 0 Å². The Morgan fingerprint density at radius 2 is 1.76 bits per heavy atom. The molecule has 1 aliphatic carbocycles. The van der Waals surface area contributed by atoms with Crippen molar-refractivity contribution in [3.63, 3.8) is 0 Å². The second-order valence-electron chi connectivity index (χ2n) is 5.19. The Morgan fingerprint density at radius 1 is 1.19 bits per heavy atom. The van der Waals surface area contributed by atoms with E-state index in [1.807, 2.05) is 25.4 Å². The van der Waals surface area contributed by atoms with Crippen LogP contribution in [0.4, 0.5) is 0 Å².